The van der Waals surface area contributed by atoms with Crippen LogP contribution in [0.5, 0.6) is 0 Å². The van der Waals surface area contributed by atoms with E-state index < -0.39 is 0 Å². The summed E-state index contributed by atoms with van der Waals surface area (Å²) >= 11 is 0. The van der Waals surface area contributed by atoms with Crippen LogP contribution < -0.4 is 32.9 Å². The van der Waals surface area contributed by atoms with E-state index in [1.54, 1.807) is 0 Å². The molecule has 0 saturated heterocycles. The highest BCUT2D eigenvalue weighted by atomic mass is 15.1. The summed E-state index contributed by atoms with van der Waals surface area (Å²) < 4.78 is 0. The Hall–Kier alpha value is -7.26. The van der Waals surface area contributed by atoms with Gasteiger partial charge < -0.3 is 0 Å². The van der Waals surface area contributed by atoms with Crippen molar-refractivity contribution in [1.82, 2.24) is 44.9 Å². The molecule has 3 aliphatic heterocycles. The fourth-order valence-electron chi connectivity index (χ4n) is 3.76. The highest BCUT2D eigenvalue weighted by Gasteiger charge is 2.25. The molecule has 0 aromatic carbocycles. The van der Waals surface area contributed by atoms with Crippen molar-refractivity contribution in [2.75, 3.05) is 0 Å². The fourth-order valence-corrected chi connectivity index (χ4v) is 3.76. The van der Waals surface area contributed by atoms with Crippen molar-refractivity contribution in [2.24, 2.45) is 30.0 Å². The van der Waals surface area contributed by atoms with Crippen LogP contribution in [0.2, 0.25) is 0 Å². The summed E-state index contributed by atoms with van der Waals surface area (Å²) in [6, 6.07) is 3.98. The SMILES string of the molecule is [C-]#[N+]C(=C1N=c2nccnc2=N1)c1nc(C(C#N)=C2N=c3nccnc3=N2)nc(C(C#N)=C2N=c3nccnc3=N2)n1. The molecule has 42 heavy (non-hydrogen) atoms. The van der Waals surface area contributed by atoms with E-state index in [1.807, 2.05) is 12.1 Å². The normalized spacial score (nSPS) is 13.2. The van der Waals surface area contributed by atoms with E-state index in [2.05, 4.69) is 79.7 Å². The lowest BCUT2D eigenvalue weighted by Crippen LogP contribution is -2.27. The minimum absolute atomic E-state index is 0.0706. The highest BCUT2D eigenvalue weighted by molar-refractivity contribution is 5.80. The van der Waals surface area contributed by atoms with Gasteiger partial charge in [0.1, 0.15) is 23.3 Å². The van der Waals surface area contributed by atoms with Crippen LogP contribution in [-0.2, 0) is 0 Å². The zero-order valence-corrected chi connectivity index (χ0v) is 20.5. The van der Waals surface area contributed by atoms with Gasteiger partial charge in [0.25, 0.3) is 5.70 Å². The molecule has 192 valence electrons. The molecular formula is C24H6N18. The third-order valence-corrected chi connectivity index (χ3v) is 5.54. The van der Waals surface area contributed by atoms with Crippen LogP contribution in [0.1, 0.15) is 17.5 Å². The average Bonchev–Trinajstić information content (AvgIpc) is 3.75. The van der Waals surface area contributed by atoms with Crippen molar-refractivity contribution in [3.05, 3.63) is 116 Å². The number of allylic oxidation sites excluding steroid dienone is 2. The largest absolute Gasteiger partial charge is 0.274 e. The Labute approximate surface area is 231 Å². The number of aromatic nitrogens is 9. The van der Waals surface area contributed by atoms with Crippen LogP contribution in [-0.4, -0.2) is 44.9 Å². The van der Waals surface area contributed by atoms with Crippen molar-refractivity contribution < 1.29 is 0 Å². The Morgan fingerprint density at radius 1 is 0.500 bits per heavy atom. The van der Waals surface area contributed by atoms with Gasteiger partial charge in [-0.05, 0) is 0 Å². The quantitative estimate of drug-likeness (QED) is 0.185. The monoisotopic (exact) mass is 546 g/mol. The number of hydrogen-bond acceptors (Lipinski definition) is 17. The zero-order valence-electron chi connectivity index (χ0n) is 20.5. The molecular weight excluding hydrogens is 540 g/mol. The van der Waals surface area contributed by atoms with Crippen LogP contribution in [0.4, 0.5) is 0 Å². The molecule has 18 heteroatoms. The number of nitriles is 2. The maximum Gasteiger partial charge on any atom is 0.274 e. The standard InChI is InChI=1S/C24H6N18/c1-27-12(18-41-23-24(42-18)33-7-6-32-23)17-35-13(10(8-25)15-37-19-20(38-15)29-3-2-28-19)34-14(36-17)11(9-26)16-39-21-22(40-16)31-5-4-30-21/h2-7H. The molecule has 0 bridgehead atoms. The van der Waals surface area contributed by atoms with E-state index >= 15 is 0 Å². The second-order valence-electron chi connectivity index (χ2n) is 7.99. The molecule has 0 radical (unpaired) electrons. The minimum atomic E-state index is -0.250. The zero-order chi connectivity index (χ0) is 28.6. The van der Waals surface area contributed by atoms with Crippen molar-refractivity contribution >= 4 is 16.8 Å². The Kier molecular flexibility index (Phi) is 5.38. The fraction of sp³-hybridized carbons (Fsp3) is 0. The first kappa shape index (κ1) is 23.8. The summed E-state index contributed by atoms with van der Waals surface area (Å²) in [4.78, 5) is 66.7. The predicted octanol–water partition coefficient (Wildman–Crippen LogP) is -2.97. The molecule has 4 aromatic rings. The van der Waals surface area contributed by atoms with Crippen molar-refractivity contribution in [3.63, 3.8) is 0 Å². The number of rotatable bonds is 3. The van der Waals surface area contributed by atoms with E-state index in [0.29, 0.717) is 0 Å². The van der Waals surface area contributed by atoms with Crippen LogP contribution >= 0.6 is 0 Å². The molecule has 0 spiro atoms. The lowest BCUT2D eigenvalue weighted by molar-refractivity contribution is 0.958. The summed E-state index contributed by atoms with van der Waals surface area (Å²) in [5.41, 5.74) is 0.564. The van der Waals surface area contributed by atoms with Gasteiger partial charge in [-0.2, -0.15) is 10.5 Å². The lowest BCUT2D eigenvalue weighted by atomic mass is 10.2. The molecule has 0 amide bonds. The van der Waals surface area contributed by atoms with Gasteiger partial charge in [-0.3, -0.25) is 0 Å². The second kappa shape index (κ2) is 9.49. The van der Waals surface area contributed by atoms with E-state index in [9.17, 15) is 10.5 Å². The molecule has 0 atom stereocenters. The molecule has 18 nitrogen and oxygen atoms in total. The van der Waals surface area contributed by atoms with E-state index in [-0.39, 0.29) is 84.7 Å². The third-order valence-electron chi connectivity index (χ3n) is 5.54. The highest BCUT2D eigenvalue weighted by Crippen LogP contribution is 2.26. The Morgan fingerprint density at radius 3 is 1.12 bits per heavy atom. The smallest absolute Gasteiger partial charge is 0.232 e. The number of hydrogen-bond donors (Lipinski definition) is 0. The first-order valence-corrected chi connectivity index (χ1v) is 11.6. The van der Waals surface area contributed by atoms with Gasteiger partial charge in [0.15, 0.2) is 67.9 Å². The molecule has 7 rings (SSSR count). The Balaban J connectivity index is 1.50. The maximum atomic E-state index is 10.1. The van der Waals surface area contributed by atoms with Crippen LogP contribution in [0.25, 0.3) is 21.7 Å². The van der Waals surface area contributed by atoms with Gasteiger partial charge in [-0.15, -0.1) is 0 Å². The maximum absolute atomic E-state index is 10.1. The van der Waals surface area contributed by atoms with Crippen LogP contribution in [0.15, 0.2) is 84.6 Å². The third kappa shape index (κ3) is 3.92. The Bertz CT molecular complexity index is 2100. The van der Waals surface area contributed by atoms with Gasteiger partial charge >= 0.3 is 0 Å². The Morgan fingerprint density at radius 2 is 0.810 bits per heavy atom. The summed E-state index contributed by atoms with van der Waals surface area (Å²) in [7, 11) is 0. The minimum Gasteiger partial charge on any atom is -0.232 e. The van der Waals surface area contributed by atoms with Gasteiger partial charge in [-0.1, -0.05) is 0 Å². The molecule has 4 aromatic heterocycles. The van der Waals surface area contributed by atoms with Crippen LogP contribution in [0.3, 0.4) is 0 Å². The molecule has 0 saturated carbocycles. The molecule has 3 aliphatic rings. The predicted molar refractivity (Wildman–Crippen MR) is 131 cm³/mol. The van der Waals surface area contributed by atoms with Crippen molar-refractivity contribution in [3.8, 4) is 12.1 Å². The molecule has 0 unspecified atom stereocenters. The molecule has 0 fully saturated rings. The van der Waals surface area contributed by atoms with Crippen molar-refractivity contribution in [1.29, 1.82) is 10.5 Å². The summed E-state index contributed by atoms with van der Waals surface area (Å²) in [5, 5.41) is 20.3. The van der Waals surface area contributed by atoms with Gasteiger partial charge in [-0.25, -0.2) is 79.7 Å². The summed E-state index contributed by atoms with van der Waals surface area (Å²) in [6.45, 7) is 7.87. The van der Waals surface area contributed by atoms with Crippen molar-refractivity contribution in [2.45, 2.75) is 0 Å². The first-order chi connectivity index (χ1) is 20.6. The first-order valence-electron chi connectivity index (χ1n) is 11.6. The van der Waals surface area contributed by atoms with Gasteiger partial charge in [0.05, 0.1) is 6.57 Å². The summed E-state index contributed by atoms with van der Waals surface area (Å²) in [5.74, 6) is -0.962. The number of fused-ring (bicyclic) bond motifs is 3. The lowest BCUT2D eigenvalue weighted by Gasteiger charge is -2.07. The molecule has 7 heterocycles. The van der Waals surface area contributed by atoms with Gasteiger partial charge in [0, 0.05) is 37.2 Å². The number of nitrogens with zero attached hydrogens (tertiary/aromatic N) is 18. The van der Waals surface area contributed by atoms with E-state index in [0.717, 1.165) is 0 Å². The van der Waals surface area contributed by atoms with Crippen LogP contribution in [0, 0.1) is 29.2 Å². The molecule has 0 aliphatic carbocycles. The average molecular weight is 546 g/mol. The molecule has 0 N–H and O–H groups in total. The van der Waals surface area contributed by atoms with E-state index in [1.165, 1.54) is 37.2 Å². The second-order valence-corrected chi connectivity index (χ2v) is 7.99. The van der Waals surface area contributed by atoms with Gasteiger partial charge in [0.2, 0.25) is 0 Å². The summed E-state index contributed by atoms with van der Waals surface area (Å²) in [6.07, 6.45) is 8.58. The topological polar surface area (TPSA) is 242 Å². The van der Waals surface area contributed by atoms with E-state index in [4.69, 9.17) is 6.57 Å².